The van der Waals surface area contributed by atoms with Crippen LogP contribution in [0.3, 0.4) is 0 Å². The van der Waals surface area contributed by atoms with Crippen LogP contribution >= 0.6 is 0 Å². The highest BCUT2D eigenvalue weighted by Gasteiger charge is 2.51. The smallest absolute Gasteiger partial charge is 0.261 e. The minimum absolute atomic E-state index is 0.0230. The normalized spacial score (nSPS) is 13.0. The number of ether oxygens (including phenoxy) is 2. The fourth-order valence-electron chi connectivity index (χ4n) is 10.1. The average Bonchev–Trinajstić information content (AvgIpc) is 4.23. The van der Waals surface area contributed by atoms with E-state index in [1.165, 1.54) is 33.4 Å². The van der Waals surface area contributed by atoms with Crippen molar-refractivity contribution in [3.8, 4) is 0 Å². The third kappa shape index (κ3) is 12.9. The number of anilines is 1. The van der Waals surface area contributed by atoms with E-state index in [4.69, 9.17) is 24.1 Å². The average molecular weight is 1090 g/mol. The van der Waals surface area contributed by atoms with Crippen molar-refractivity contribution in [1.29, 1.82) is 0 Å². The molecule has 18 heteroatoms. The van der Waals surface area contributed by atoms with Crippen LogP contribution in [-0.2, 0) is 37.8 Å². The first-order valence-corrected chi connectivity index (χ1v) is 30.1. The zero-order valence-corrected chi connectivity index (χ0v) is 47.4. The first-order chi connectivity index (χ1) is 37.7. The summed E-state index contributed by atoms with van der Waals surface area (Å²) in [4.78, 5) is 38.6. The number of fused-ring (bicyclic) bond motifs is 2. The summed E-state index contributed by atoms with van der Waals surface area (Å²) in [7, 11) is -5.45. The topological polar surface area (TPSA) is 208 Å². The monoisotopic (exact) mass is 1090 g/mol. The van der Waals surface area contributed by atoms with Gasteiger partial charge >= 0.3 is 0 Å². The largest absolute Gasteiger partial charge is 0.405 e. The van der Waals surface area contributed by atoms with E-state index in [2.05, 4.69) is 169 Å². The third-order valence-electron chi connectivity index (χ3n) is 13.9. The number of hydrogen-bond acceptors (Lipinski definition) is 14. The van der Waals surface area contributed by atoms with Gasteiger partial charge in [0, 0.05) is 18.7 Å². The summed E-state index contributed by atoms with van der Waals surface area (Å²) in [5.41, 5.74) is 9.56. The van der Waals surface area contributed by atoms with E-state index < -0.39 is 28.8 Å². The Bertz CT molecular complexity index is 3210. The minimum atomic E-state index is -2.75. The number of aliphatic hydroxyl groups excluding tert-OH is 2. The van der Waals surface area contributed by atoms with E-state index in [1.54, 1.807) is 24.8 Å². The van der Waals surface area contributed by atoms with Crippen molar-refractivity contribution in [2.75, 3.05) is 45.4 Å². The molecule has 0 bridgehead atoms. The van der Waals surface area contributed by atoms with Crippen LogP contribution in [0.2, 0.25) is 10.1 Å². The second kappa shape index (κ2) is 26.0. The van der Waals surface area contributed by atoms with Gasteiger partial charge in [0.1, 0.15) is 35.9 Å². The standard InChI is InChI=1S/C34H38N4O4Si.C26H33N5O3Si/c1-34(2,3)43(28-15-9-5-10-16-28,29-17-11-6-12-18-29)42-23-27(22-39)41-20-19-38-25-37-32-30(35-24-36-33(32)38)21-31(40)26-13-7-4-8-14-26;1-26(2,3)35(21-10-6-4-7-11-21,22-12-8-5-9-13-22)34-17-20(16-32)33-15-14-31-19-30-23-24(27)28-18-29-25(23)31/h4-18,24-25,27,39H,19-23H2,1-3H3;4-13,18-20,32H,14-17H2,1-3H3,(H2,27,28,29)/t27-;20-/m11/s1. The van der Waals surface area contributed by atoms with Crippen LogP contribution in [0.25, 0.3) is 22.3 Å². The second-order valence-corrected chi connectivity index (χ2v) is 29.7. The van der Waals surface area contributed by atoms with E-state index in [0.29, 0.717) is 65.7 Å². The number of benzene rings is 5. The molecule has 406 valence electrons. The molecule has 0 aliphatic rings. The molecule has 4 heterocycles. The van der Waals surface area contributed by atoms with Crippen LogP contribution in [0.1, 0.15) is 57.6 Å². The van der Waals surface area contributed by atoms with E-state index in [9.17, 15) is 15.0 Å². The number of nitrogen functional groups attached to an aromatic ring is 1. The van der Waals surface area contributed by atoms with Crippen LogP contribution in [0, 0.1) is 0 Å². The quantitative estimate of drug-likeness (QED) is 0.0458. The van der Waals surface area contributed by atoms with Crippen molar-refractivity contribution in [1.82, 2.24) is 39.0 Å². The Kier molecular flexibility index (Phi) is 19.0. The number of carbonyl (C=O) groups excluding carboxylic acids is 1. The van der Waals surface area contributed by atoms with Gasteiger partial charge in [0.25, 0.3) is 16.6 Å². The first kappa shape index (κ1) is 57.1. The number of rotatable bonds is 23. The van der Waals surface area contributed by atoms with Crippen molar-refractivity contribution >= 4 is 71.3 Å². The predicted octanol–water partition coefficient (Wildman–Crippen LogP) is 6.57. The molecule has 16 nitrogen and oxygen atoms in total. The molecule has 0 radical (unpaired) electrons. The molecule has 0 aliphatic carbocycles. The van der Waals surface area contributed by atoms with Gasteiger partial charge in [-0.05, 0) is 30.8 Å². The number of nitrogens with two attached hydrogens (primary N) is 1. The van der Waals surface area contributed by atoms with Gasteiger partial charge in [-0.25, -0.2) is 29.9 Å². The second-order valence-electron chi connectivity index (χ2n) is 21.1. The Labute approximate surface area is 458 Å². The first-order valence-electron chi connectivity index (χ1n) is 26.3. The summed E-state index contributed by atoms with van der Waals surface area (Å²) in [6.45, 7) is 15.3. The highest BCUT2D eigenvalue weighted by Crippen LogP contribution is 2.38. The number of carbonyl (C=O) groups is 1. The SMILES string of the molecule is CC(C)(C)[Si](OC[C@@H](CO)OCCn1cnc2c(CC(=O)c3ccccc3)ncnc21)(c1ccccc1)c1ccccc1.CC(C)(C)[Si](OC[C@@H](CO)OCCn1cnc2c(N)ncnc21)(c1ccccc1)c1ccccc1. The van der Waals surface area contributed by atoms with Crippen molar-refractivity contribution in [2.45, 2.75) is 83.3 Å². The lowest BCUT2D eigenvalue weighted by molar-refractivity contribution is -0.0183. The van der Waals surface area contributed by atoms with E-state index in [1.807, 2.05) is 51.6 Å². The van der Waals surface area contributed by atoms with Gasteiger partial charge in [-0.15, -0.1) is 0 Å². The summed E-state index contributed by atoms with van der Waals surface area (Å²) in [6, 6.07) is 50.9. The molecule has 2 atom stereocenters. The summed E-state index contributed by atoms with van der Waals surface area (Å²) in [6.07, 6.45) is 5.41. The number of ketones is 1. The van der Waals surface area contributed by atoms with Gasteiger partial charge < -0.3 is 43.4 Å². The van der Waals surface area contributed by atoms with E-state index in [0.717, 1.165) is 0 Å². The summed E-state index contributed by atoms with van der Waals surface area (Å²) < 4.78 is 29.8. The van der Waals surface area contributed by atoms with Gasteiger partial charge in [0.05, 0.1) is 64.4 Å². The fourth-order valence-corrected chi connectivity index (χ4v) is 19.2. The van der Waals surface area contributed by atoms with Gasteiger partial charge in [-0.2, -0.15) is 0 Å². The zero-order valence-electron chi connectivity index (χ0n) is 45.4. The van der Waals surface area contributed by atoms with Crippen molar-refractivity contribution in [3.05, 3.63) is 188 Å². The highest BCUT2D eigenvalue weighted by molar-refractivity contribution is 7.00. The zero-order chi connectivity index (χ0) is 55.2. The maximum atomic E-state index is 12.8. The molecular formula is C60H71N9O7Si2. The number of Topliss-reactive ketones (excluding diaryl/α,β-unsaturated/α-hetero) is 1. The molecule has 0 aliphatic heterocycles. The number of hydrogen-bond donors (Lipinski definition) is 3. The van der Waals surface area contributed by atoms with Crippen LogP contribution in [-0.4, -0.2) is 124 Å². The third-order valence-corrected chi connectivity index (χ3v) is 23.9. The molecule has 4 aromatic heterocycles. The van der Waals surface area contributed by atoms with Crippen molar-refractivity contribution < 1.29 is 33.3 Å². The van der Waals surface area contributed by atoms with Crippen LogP contribution in [0.4, 0.5) is 5.82 Å². The lowest BCUT2D eigenvalue weighted by Crippen LogP contribution is -2.67. The number of aromatic nitrogens is 8. The summed E-state index contributed by atoms with van der Waals surface area (Å²) in [5, 5.41) is 24.8. The summed E-state index contributed by atoms with van der Waals surface area (Å²) >= 11 is 0. The minimum Gasteiger partial charge on any atom is -0.405 e. The van der Waals surface area contributed by atoms with E-state index >= 15 is 0 Å². The molecule has 0 spiro atoms. The number of imidazole rings is 2. The lowest BCUT2D eigenvalue weighted by Gasteiger charge is -2.43. The maximum absolute atomic E-state index is 12.8. The van der Waals surface area contributed by atoms with Crippen molar-refractivity contribution in [3.63, 3.8) is 0 Å². The molecule has 0 amide bonds. The van der Waals surface area contributed by atoms with E-state index in [-0.39, 0.29) is 48.7 Å². The van der Waals surface area contributed by atoms with Crippen LogP contribution < -0.4 is 26.5 Å². The molecule has 9 aromatic rings. The van der Waals surface area contributed by atoms with Gasteiger partial charge in [-0.1, -0.05) is 193 Å². The maximum Gasteiger partial charge on any atom is 0.261 e. The molecule has 0 saturated heterocycles. The number of nitrogens with zero attached hydrogens (tertiary/aromatic N) is 8. The fraction of sp³-hybridized carbons (Fsp3) is 0.317. The van der Waals surface area contributed by atoms with Crippen LogP contribution in [0.15, 0.2) is 177 Å². The predicted molar refractivity (Wildman–Crippen MR) is 310 cm³/mol. The molecule has 4 N–H and O–H groups in total. The molecular weight excluding hydrogens is 1010 g/mol. The summed E-state index contributed by atoms with van der Waals surface area (Å²) in [5.74, 6) is 0.326. The molecule has 0 fully saturated rings. The highest BCUT2D eigenvalue weighted by atomic mass is 28.4. The Balaban J connectivity index is 0.000000210. The molecule has 0 saturated carbocycles. The van der Waals surface area contributed by atoms with Crippen LogP contribution in [0.5, 0.6) is 0 Å². The Morgan fingerprint density at radius 2 is 0.897 bits per heavy atom. The molecule has 0 unspecified atom stereocenters. The Morgan fingerprint density at radius 1 is 0.526 bits per heavy atom. The molecule has 78 heavy (non-hydrogen) atoms. The van der Waals surface area contributed by atoms with Crippen molar-refractivity contribution in [2.24, 2.45) is 0 Å². The lowest BCUT2D eigenvalue weighted by atomic mass is 10.1. The van der Waals surface area contributed by atoms with Gasteiger partial charge in [-0.3, -0.25) is 4.79 Å². The Morgan fingerprint density at radius 3 is 1.29 bits per heavy atom. The Hall–Kier alpha value is -7.14. The van der Waals surface area contributed by atoms with Gasteiger partial charge in [0.2, 0.25) is 0 Å². The molecule has 9 rings (SSSR count). The number of aliphatic hydroxyl groups is 2. The van der Waals surface area contributed by atoms with Gasteiger partial charge in [0.15, 0.2) is 22.9 Å². The molecule has 5 aromatic carbocycles.